The topological polar surface area (TPSA) is 46.3 Å². The molecule has 0 radical (unpaired) electrons. The second-order valence-electron chi connectivity index (χ2n) is 5.60. The highest BCUT2D eigenvalue weighted by Gasteiger charge is 2.22. The third kappa shape index (κ3) is 5.16. The number of carbonyl (C=O) groups is 1. The van der Waals surface area contributed by atoms with Gasteiger partial charge < -0.3 is 10.6 Å². The second-order valence-corrected chi connectivity index (χ2v) is 5.60. The van der Waals surface area contributed by atoms with Crippen LogP contribution in [0, 0.1) is 5.92 Å². The maximum absolute atomic E-state index is 12.8. The summed E-state index contributed by atoms with van der Waals surface area (Å²) in [5.74, 6) is 0.470. The van der Waals surface area contributed by atoms with Crippen molar-refractivity contribution in [2.75, 3.05) is 6.54 Å². The fourth-order valence-electron chi connectivity index (χ4n) is 2.81. The van der Waals surface area contributed by atoms with Crippen molar-refractivity contribution in [3.63, 3.8) is 0 Å². The van der Waals surface area contributed by atoms with Crippen LogP contribution in [0.1, 0.15) is 57.6 Å². The molecule has 0 atom stereocenters. The summed E-state index contributed by atoms with van der Waals surface area (Å²) in [6.07, 6.45) is 4.10. The molecule has 0 unspecified atom stereocenters. The zero-order valence-electron chi connectivity index (χ0n) is 13.8. The predicted octanol–water partition coefficient (Wildman–Crippen LogP) is 3.71. The van der Waals surface area contributed by atoms with E-state index in [1.54, 1.807) is 0 Å². The first-order valence-corrected chi connectivity index (χ1v) is 8.23. The van der Waals surface area contributed by atoms with E-state index < -0.39 is 0 Å². The third-order valence-corrected chi connectivity index (χ3v) is 4.02. The van der Waals surface area contributed by atoms with E-state index in [2.05, 4.69) is 26.8 Å². The van der Waals surface area contributed by atoms with Crippen molar-refractivity contribution in [3.8, 4) is 0 Å². The summed E-state index contributed by atoms with van der Waals surface area (Å²) in [4.78, 5) is 14.7. The number of amides is 1. The van der Waals surface area contributed by atoms with E-state index >= 15 is 0 Å². The Hall–Kier alpha value is -1.35. The van der Waals surface area contributed by atoms with Crippen molar-refractivity contribution >= 4 is 5.91 Å². The van der Waals surface area contributed by atoms with Crippen molar-refractivity contribution in [2.24, 2.45) is 11.7 Å². The molecular weight excluding hydrogens is 260 g/mol. The fourth-order valence-corrected chi connectivity index (χ4v) is 2.81. The molecule has 21 heavy (non-hydrogen) atoms. The summed E-state index contributed by atoms with van der Waals surface area (Å²) in [5, 5.41) is 0. The molecule has 3 heteroatoms. The fraction of sp³-hybridized carbons (Fsp3) is 0.611. The Morgan fingerprint density at radius 3 is 2.14 bits per heavy atom. The molecule has 0 aliphatic rings. The molecule has 0 fully saturated rings. The van der Waals surface area contributed by atoms with Crippen LogP contribution in [0.25, 0.3) is 0 Å². The van der Waals surface area contributed by atoms with E-state index in [9.17, 15) is 4.79 Å². The van der Waals surface area contributed by atoms with Gasteiger partial charge in [0.15, 0.2) is 0 Å². The molecule has 0 saturated carbocycles. The Kier molecular flexibility index (Phi) is 8.06. The standard InChI is InChI=1S/C18H30N2O/c1-4-9-15(10-5-2)18(21)20(6-3)14-17-12-8-7-11-16(17)13-19/h7-8,11-12,15H,4-6,9-10,13-14,19H2,1-3H3. The van der Waals surface area contributed by atoms with Gasteiger partial charge in [0.05, 0.1) is 0 Å². The second kappa shape index (κ2) is 9.56. The predicted molar refractivity (Wildman–Crippen MR) is 88.7 cm³/mol. The maximum Gasteiger partial charge on any atom is 0.225 e. The van der Waals surface area contributed by atoms with Crippen LogP contribution >= 0.6 is 0 Å². The quantitative estimate of drug-likeness (QED) is 0.753. The SMILES string of the molecule is CCCC(CCC)C(=O)N(CC)Cc1ccccc1CN. The highest BCUT2D eigenvalue weighted by Crippen LogP contribution is 2.19. The Balaban J connectivity index is 2.83. The highest BCUT2D eigenvalue weighted by atomic mass is 16.2. The minimum Gasteiger partial charge on any atom is -0.338 e. The molecule has 1 rings (SSSR count). The first-order chi connectivity index (χ1) is 10.2. The van der Waals surface area contributed by atoms with Gasteiger partial charge in [-0.25, -0.2) is 0 Å². The molecule has 2 N–H and O–H groups in total. The molecule has 0 bridgehead atoms. The number of rotatable bonds is 9. The van der Waals surface area contributed by atoms with Crippen molar-refractivity contribution < 1.29 is 4.79 Å². The summed E-state index contributed by atoms with van der Waals surface area (Å²) in [6.45, 7) is 8.30. The van der Waals surface area contributed by atoms with Crippen LogP contribution in [0.15, 0.2) is 24.3 Å². The molecule has 0 aliphatic carbocycles. The lowest BCUT2D eigenvalue weighted by Gasteiger charge is -2.27. The number of hydrogen-bond acceptors (Lipinski definition) is 2. The highest BCUT2D eigenvalue weighted by molar-refractivity contribution is 5.78. The first-order valence-electron chi connectivity index (χ1n) is 8.23. The number of hydrogen-bond donors (Lipinski definition) is 1. The van der Waals surface area contributed by atoms with Gasteiger partial charge in [-0.1, -0.05) is 51.0 Å². The summed E-state index contributed by atoms with van der Waals surface area (Å²) < 4.78 is 0. The van der Waals surface area contributed by atoms with Gasteiger partial charge in [-0.3, -0.25) is 4.79 Å². The van der Waals surface area contributed by atoms with E-state index in [0.717, 1.165) is 37.8 Å². The molecule has 0 saturated heterocycles. The van der Waals surface area contributed by atoms with E-state index in [1.165, 1.54) is 5.56 Å². The number of nitrogens with two attached hydrogens (primary N) is 1. The summed E-state index contributed by atoms with van der Waals surface area (Å²) in [7, 11) is 0. The van der Waals surface area contributed by atoms with Gasteiger partial charge in [0.25, 0.3) is 0 Å². The van der Waals surface area contributed by atoms with Gasteiger partial charge in [0, 0.05) is 25.6 Å². The largest absolute Gasteiger partial charge is 0.338 e. The van der Waals surface area contributed by atoms with Gasteiger partial charge in [-0.15, -0.1) is 0 Å². The number of carbonyl (C=O) groups excluding carboxylic acids is 1. The van der Waals surface area contributed by atoms with Gasteiger partial charge in [-0.05, 0) is 30.9 Å². The normalized spacial score (nSPS) is 10.9. The molecule has 1 aromatic rings. The van der Waals surface area contributed by atoms with Crippen LogP contribution in [0.5, 0.6) is 0 Å². The lowest BCUT2D eigenvalue weighted by Crippen LogP contribution is -2.36. The van der Waals surface area contributed by atoms with Crippen LogP contribution in [0.3, 0.4) is 0 Å². The van der Waals surface area contributed by atoms with E-state index in [1.807, 2.05) is 23.1 Å². The Morgan fingerprint density at radius 2 is 1.67 bits per heavy atom. The van der Waals surface area contributed by atoms with Crippen LogP contribution in [-0.4, -0.2) is 17.4 Å². The van der Waals surface area contributed by atoms with Crippen molar-refractivity contribution in [1.82, 2.24) is 4.90 Å². The molecule has 0 aromatic heterocycles. The molecule has 0 aliphatic heterocycles. The maximum atomic E-state index is 12.8. The van der Waals surface area contributed by atoms with Gasteiger partial charge >= 0.3 is 0 Å². The number of benzene rings is 1. The van der Waals surface area contributed by atoms with Crippen molar-refractivity contribution in [3.05, 3.63) is 35.4 Å². The molecular formula is C18H30N2O. The lowest BCUT2D eigenvalue weighted by atomic mass is 9.96. The summed E-state index contributed by atoms with van der Waals surface area (Å²) in [5.41, 5.74) is 8.09. The average Bonchev–Trinajstić information content (AvgIpc) is 2.52. The smallest absolute Gasteiger partial charge is 0.225 e. The van der Waals surface area contributed by atoms with Crippen LogP contribution in [-0.2, 0) is 17.9 Å². The van der Waals surface area contributed by atoms with E-state index in [4.69, 9.17) is 5.73 Å². The zero-order valence-corrected chi connectivity index (χ0v) is 13.8. The molecule has 0 heterocycles. The molecule has 0 spiro atoms. The molecule has 1 amide bonds. The summed E-state index contributed by atoms with van der Waals surface area (Å²) in [6, 6.07) is 8.14. The molecule has 118 valence electrons. The molecule has 1 aromatic carbocycles. The Bertz CT molecular complexity index is 425. The van der Waals surface area contributed by atoms with Crippen LogP contribution < -0.4 is 5.73 Å². The van der Waals surface area contributed by atoms with Gasteiger partial charge in [0.1, 0.15) is 0 Å². The van der Waals surface area contributed by atoms with Crippen LogP contribution in [0.4, 0.5) is 0 Å². The summed E-state index contributed by atoms with van der Waals surface area (Å²) >= 11 is 0. The minimum atomic E-state index is 0.171. The van der Waals surface area contributed by atoms with Crippen LogP contribution in [0.2, 0.25) is 0 Å². The van der Waals surface area contributed by atoms with Gasteiger partial charge in [-0.2, -0.15) is 0 Å². The Labute approximate surface area is 129 Å². The number of nitrogens with zero attached hydrogens (tertiary/aromatic N) is 1. The third-order valence-electron chi connectivity index (χ3n) is 4.02. The van der Waals surface area contributed by atoms with Gasteiger partial charge in [0.2, 0.25) is 5.91 Å². The van der Waals surface area contributed by atoms with Crippen molar-refractivity contribution in [2.45, 2.75) is 59.5 Å². The zero-order chi connectivity index (χ0) is 15.7. The molecule has 3 nitrogen and oxygen atoms in total. The minimum absolute atomic E-state index is 0.171. The lowest BCUT2D eigenvalue weighted by molar-refractivity contribution is -0.136. The van der Waals surface area contributed by atoms with E-state index in [0.29, 0.717) is 19.0 Å². The average molecular weight is 290 g/mol. The monoisotopic (exact) mass is 290 g/mol. The Morgan fingerprint density at radius 1 is 1.10 bits per heavy atom. The van der Waals surface area contributed by atoms with E-state index in [-0.39, 0.29) is 5.92 Å². The van der Waals surface area contributed by atoms with Crippen molar-refractivity contribution in [1.29, 1.82) is 0 Å². The first kappa shape index (κ1) is 17.7.